The molecule has 3 N–H and O–H groups in total. The van der Waals surface area contributed by atoms with Gasteiger partial charge in [-0.2, -0.15) is 5.10 Å². The highest BCUT2D eigenvalue weighted by atomic mass is 16.2. The van der Waals surface area contributed by atoms with Gasteiger partial charge in [0.2, 0.25) is 0 Å². The molecule has 1 aromatic rings. The molecule has 0 unspecified atom stereocenters. The van der Waals surface area contributed by atoms with Crippen molar-refractivity contribution in [3.8, 4) is 0 Å². The van der Waals surface area contributed by atoms with E-state index in [0.29, 0.717) is 18.8 Å². The summed E-state index contributed by atoms with van der Waals surface area (Å²) >= 11 is 0. The van der Waals surface area contributed by atoms with E-state index in [0.717, 1.165) is 13.0 Å². The number of nitrogens with zero attached hydrogens (tertiary/aromatic N) is 2. The van der Waals surface area contributed by atoms with Crippen LogP contribution in [0.1, 0.15) is 23.8 Å². The summed E-state index contributed by atoms with van der Waals surface area (Å²) in [6.45, 7) is 3.84. The smallest absolute Gasteiger partial charge is 0.271 e. The van der Waals surface area contributed by atoms with Crippen LogP contribution in [0.5, 0.6) is 0 Å². The van der Waals surface area contributed by atoms with Gasteiger partial charge in [0, 0.05) is 25.8 Å². The Labute approximate surface area is 83.3 Å². The third-order valence-corrected chi connectivity index (χ3v) is 1.91. The van der Waals surface area contributed by atoms with Gasteiger partial charge < -0.3 is 10.6 Å². The van der Waals surface area contributed by atoms with Crippen LogP contribution in [0.4, 0.5) is 0 Å². The van der Waals surface area contributed by atoms with Gasteiger partial charge in [-0.05, 0) is 12.5 Å². The number of hydrogen-bond donors (Lipinski definition) is 2. The minimum absolute atomic E-state index is 0.0326. The largest absolute Gasteiger partial charge is 0.336 e. The number of aromatic amines is 1. The predicted octanol–water partition coefficient (Wildman–Crippen LogP) is 0.221. The molecule has 0 aromatic carbocycles. The molecule has 0 aliphatic rings. The van der Waals surface area contributed by atoms with Crippen molar-refractivity contribution in [2.45, 2.75) is 13.3 Å². The summed E-state index contributed by atoms with van der Waals surface area (Å²) in [4.78, 5) is 13.5. The number of nitrogens with one attached hydrogen (secondary N) is 1. The van der Waals surface area contributed by atoms with Crippen LogP contribution < -0.4 is 5.73 Å². The van der Waals surface area contributed by atoms with E-state index >= 15 is 0 Å². The minimum atomic E-state index is -0.0326. The van der Waals surface area contributed by atoms with Crippen molar-refractivity contribution in [1.82, 2.24) is 15.1 Å². The maximum Gasteiger partial charge on any atom is 0.271 e. The van der Waals surface area contributed by atoms with Crippen molar-refractivity contribution in [1.29, 1.82) is 0 Å². The molecule has 0 fully saturated rings. The second-order valence-electron chi connectivity index (χ2n) is 3.05. The van der Waals surface area contributed by atoms with Crippen molar-refractivity contribution in [2.24, 2.45) is 5.73 Å². The number of H-pyrrole nitrogens is 1. The van der Waals surface area contributed by atoms with Gasteiger partial charge in [-0.1, -0.05) is 6.92 Å². The minimum Gasteiger partial charge on any atom is -0.336 e. The van der Waals surface area contributed by atoms with Gasteiger partial charge in [0.05, 0.1) is 0 Å². The van der Waals surface area contributed by atoms with E-state index in [9.17, 15) is 4.79 Å². The molecular formula is C9H16N4O. The van der Waals surface area contributed by atoms with Gasteiger partial charge in [0.25, 0.3) is 5.91 Å². The van der Waals surface area contributed by atoms with Gasteiger partial charge >= 0.3 is 0 Å². The lowest BCUT2D eigenvalue weighted by Crippen LogP contribution is -2.36. The van der Waals surface area contributed by atoms with Crippen molar-refractivity contribution >= 4 is 5.91 Å². The highest BCUT2D eigenvalue weighted by Gasteiger charge is 2.14. The maximum atomic E-state index is 11.8. The normalized spacial score (nSPS) is 10.1. The molecule has 0 bridgehead atoms. The number of carbonyl (C=O) groups is 1. The summed E-state index contributed by atoms with van der Waals surface area (Å²) in [5.74, 6) is -0.0326. The average Bonchev–Trinajstić information content (AvgIpc) is 2.69. The lowest BCUT2D eigenvalue weighted by atomic mass is 10.3. The van der Waals surface area contributed by atoms with Crippen molar-refractivity contribution < 1.29 is 4.79 Å². The number of rotatable bonds is 5. The Morgan fingerprint density at radius 1 is 1.64 bits per heavy atom. The molecule has 0 aliphatic heterocycles. The van der Waals surface area contributed by atoms with Crippen LogP contribution in [0.25, 0.3) is 0 Å². The first-order chi connectivity index (χ1) is 6.79. The SMILES string of the molecule is CCCN(CCN)C(=O)c1ccn[nH]1. The highest BCUT2D eigenvalue weighted by Crippen LogP contribution is 2.00. The first-order valence-corrected chi connectivity index (χ1v) is 4.78. The quantitative estimate of drug-likeness (QED) is 0.707. The van der Waals surface area contributed by atoms with Crippen LogP contribution in [0.3, 0.4) is 0 Å². The van der Waals surface area contributed by atoms with Crippen LogP contribution in [-0.2, 0) is 0 Å². The molecule has 5 heteroatoms. The summed E-state index contributed by atoms with van der Waals surface area (Å²) in [5.41, 5.74) is 5.95. The van der Waals surface area contributed by atoms with E-state index in [2.05, 4.69) is 10.2 Å². The lowest BCUT2D eigenvalue weighted by Gasteiger charge is -2.20. The Bertz CT molecular complexity index is 264. The Morgan fingerprint density at radius 2 is 2.43 bits per heavy atom. The molecule has 0 spiro atoms. The number of aromatic nitrogens is 2. The fraction of sp³-hybridized carbons (Fsp3) is 0.556. The molecule has 5 nitrogen and oxygen atoms in total. The third kappa shape index (κ3) is 2.56. The zero-order valence-electron chi connectivity index (χ0n) is 8.36. The molecule has 78 valence electrons. The van der Waals surface area contributed by atoms with Crippen LogP contribution in [0, 0.1) is 0 Å². The van der Waals surface area contributed by atoms with E-state index in [1.165, 1.54) is 0 Å². The Morgan fingerprint density at radius 3 is 2.93 bits per heavy atom. The van der Waals surface area contributed by atoms with Gasteiger partial charge in [0.1, 0.15) is 5.69 Å². The first kappa shape index (κ1) is 10.7. The van der Waals surface area contributed by atoms with E-state index in [1.807, 2.05) is 6.92 Å². The second kappa shape index (κ2) is 5.39. The molecule has 0 saturated carbocycles. The predicted molar refractivity (Wildman–Crippen MR) is 53.8 cm³/mol. The lowest BCUT2D eigenvalue weighted by molar-refractivity contribution is 0.0754. The molecule has 1 rings (SSSR count). The Kier molecular flexibility index (Phi) is 4.12. The molecule has 0 aliphatic carbocycles. The summed E-state index contributed by atoms with van der Waals surface area (Å²) in [5, 5.41) is 6.39. The Hall–Kier alpha value is -1.36. The number of nitrogens with two attached hydrogens (primary N) is 1. The molecule has 0 atom stereocenters. The molecule has 14 heavy (non-hydrogen) atoms. The van der Waals surface area contributed by atoms with Crippen molar-refractivity contribution in [3.63, 3.8) is 0 Å². The van der Waals surface area contributed by atoms with E-state index in [-0.39, 0.29) is 5.91 Å². The van der Waals surface area contributed by atoms with E-state index < -0.39 is 0 Å². The van der Waals surface area contributed by atoms with Crippen LogP contribution >= 0.6 is 0 Å². The van der Waals surface area contributed by atoms with Crippen LogP contribution in [-0.4, -0.2) is 40.6 Å². The molecule has 1 aromatic heterocycles. The monoisotopic (exact) mass is 196 g/mol. The van der Waals surface area contributed by atoms with Gasteiger partial charge in [-0.3, -0.25) is 9.89 Å². The Balaban J connectivity index is 2.63. The van der Waals surface area contributed by atoms with Crippen LogP contribution in [0.2, 0.25) is 0 Å². The standard InChI is InChI=1S/C9H16N4O/c1-2-6-13(7-4-10)9(14)8-3-5-11-12-8/h3,5H,2,4,6-7,10H2,1H3,(H,11,12). The van der Waals surface area contributed by atoms with Gasteiger partial charge in [0.15, 0.2) is 0 Å². The first-order valence-electron chi connectivity index (χ1n) is 4.78. The summed E-state index contributed by atoms with van der Waals surface area (Å²) in [7, 11) is 0. The fourth-order valence-electron chi connectivity index (χ4n) is 1.29. The molecule has 0 saturated heterocycles. The summed E-state index contributed by atoms with van der Waals surface area (Å²) < 4.78 is 0. The molecule has 1 amide bonds. The molecular weight excluding hydrogens is 180 g/mol. The van der Waals surface area contributed by atoms with Crippen molar-refractivity contribution in [2.75, 3.05) is 19.6 Å². The van der Waals surface area contributed by atoms with Gasteiger partial charge in [-0.25, -0.2) is 0 Å². The highest BCUT2D eigenvalue weighted by molar-refractivity contribution is 5.92. The van der Waals surface area contributed by atoms with Crippen molar-refractivity contribution in [3.05, 3.63) is 18.0 Å². The van der Waals surface area contributed by atoms with Gasteiger partial charge in [-0.15, -0.1) is 0 Å². The maximum absolute atomic E-state index is 11.8. The summed E-state index contributed by atoms with van der Waals surface area (Å²) in [6.07, 6.45) is 2.50. The topological polar surface area (TPSA) is 75.0 Å². The second-order valence-corrected chi connectivity index (χ2v) is 3.05. The molecule has 0 radical (unpaired) electrons. The number of carbonyl (C=O) groups excluding carboxylic acids is 1. The van der Waals surface area contributed by atoms with E-state index in [1.54, 1.807) is 17.2 Å². The zero-order valence-corrected chi connectivity index (χ0v) is 8.36. The zero-order chi connectivity index (χ0) is 10.4. The van der Waals surface area contributed by atoms with E-state index in [4.69, 9.17) is 5.73 Å². The summed E-state index contributed by atoms with van der Waals surface area (Å²) in [6, 6.07) is 1.67. The molecule has 1 heterocycles. The third-order valence-electron chi connectivity index (χ3n) is 1.91. The number of amides is 1. The van der Waals surface area contributed by atoms with Crippen LogP contribution in [0.15, 0.2) is 12.3 Å². The number of hydrogen-bond acceptors (Lipinski definition) is 3. The fourth-order valence-corrected chi connectivity index (χ4v) is 1.29. The average molecular weight is 196 g/mol.